The first-order valence-electron chi connectivity index (χ1n) is 33.6. The summed E-state index contributed by atoms with van der Waals surface area (Å²) in [7, 11) is 0. The van der Waals surface area contributed by atoms with Crippen LogP contribution >= 0.6 is 0 Å². The van der Waals surface area contributed by atoms with E-state index in [1.165, 1.54) is 103 Å². The molecule has 6 nitrogen and oxygen atoms in total. The van der Waals surface area contributed by atoms with Crippen LogP contribution in [0.25, 0.3) is 0 Å². The number of hydrogen-bond donors (Lipinski definition) is 0. The molecule has 466 valence electrons. The summed E-state index contributed by atoms with van der Waals surface area (Å²) < 4.78 is 16.9. The molecule has 6 heteroatoms. The van der Waals surface area contributed by atoms with E-state index in [0.29, 0.717) is 19.3 Å². The molecular weight excluding hydrogens is 1020 g/mol. The van der Waals surface area contributed by atoms with E-state index in [4.69, 9.17) is 14.2 Å². The second-order valence-electron chi connectivity index (χ2n) is 21.6. The van der Waals surface area contributed by atoms with Gasteiger partial charge in [-0.1, -0.05) is 281 Å². The van der Waals surface area contributed by atoms with Crippen molar-refractivity contribution in [3.05, 3.63) is 170 Å². The Morgan fingerprint density at radius 1 is 0.253 bits per heavy atom. The number of allylic oxidation sites excluding steroid dienone is 28. The second kappa shape index (κ2) is 69.3. The maximum absolute atomic E-state index is 12.9. The second-order valence-corrected chi connectivity index (χ2v) is 21.6. The number of hydrogen-bond acceptors (Lipinski definition) is 6. The molecule has 0 aliphatic heterocycles. The molecule has 83 heavy (non-hydrogen) atoms. The molecule has 0 amide bonds. The first kappa shape index (κ1) is 77.8. The highest BCUT2D eigenvalue weighted by Gasteiger charge is 2.19. The molecule has 0 fully saturated rings. The predicted octanol–water partition coefficient (Wildman–Crippen LogP) is 23.4. The largest absolute Gasteiger partial charge is 0.462 e. The van der Waals surface area contributed by atoms with Crippen LogP contribution in [0, 0.1) is 0 Å². The van der Waals surface area contributed by atoms with E-state index in [9.17, 15) is 14.4 Å². The minimum Gasteiger partial charge on any atom is -0.462 e. The molecule has 0 spiro atoms. The summed E-state index contributed by atoms with van der Waals surface area (Å²) in [5.74, 6) is -1.03. The van der Waals surface area contributed by atoms with Crippen LogP contribution in [0.4, 0.5) is 0 Å². The van der Waals surface area contributed by atoms with E-state index in [0.717, 1.165) is 122 Å². The van der Waals surface area contributed by atoms with Crippen LogP contribution in [0.15, 0.2) is 170 Å². The van der Waals surface area contributed by atoms with Crippen molar-refractivity contribution in [2.45, 2.75) is 284 Å². The highest BCUT2D eigenvalue weighted by atomic mass is 16.6. The molecule has 0 aliphatic rings. The van der Waals surface area contributed by atoms with E-state index < -0.39 is 6.10 Å². The maximum atomic E-state index is 12.9. The summed E-state index contributed by atoms with van der Waals surface area (Å²) in [6.45, 7) is 6.32. The number of rotatable bonds is 59. The van der Waals surface area contributed by atoms with Crippen LogP contribution in [0.2, 0.25) is 0 Å². The zero-order valence-electron chi connectivity index (χ0n) is 53.4. The van der Waals surface area contributed by atoms with Crippen LogP contribution in [0.5, 0.6) is 0 Å². The van der Waals surface area contributed by atoms with Crippen molar-refractivity contribution < 1.29 is 28.6 Å². The Labute approximate surface area is 511 Å². The molecule has 0 saturated heterocycles. The molecule has 0 rings (SSSR count). The molecule has 0 N–H and O–H groups in total. The Balaban J connectivity index is 4.49. The van der Waals surface area contributed by atoms with Crippen molar-refractivity contribution in [2.24, 2.45) is 0 Å². The number of unbranched alkanes of at least 4 members (excludes halogenated alkanes) is 20. The lowest BCUT2D eigenvalue weighted by Crippen LogP contribution is -2.30. The Bertz CT molecular complexity index is 1890. The van der Waals surface area contributed by atoms with E-state index in [1.54, 1.807) is 0 Å². The van der Waals surface area contributed by atoms with Crippen molar-refractivity contribution >= 4 is 17.9 Å². The Morgan fingerprint density at radius 2 is 0.482 bits per heavy atom. The first-order chi connectivity index (χ1) is 41.0. The van der Waals surface area contributed by atoms with Crippen molar-refractivity contribution in [3.8, 4) is 0 Å². The van der Waals surface area contributed by atoms with Crippen LogP contribution in [0.1, 0.15) is 278 Å². The smallest absolute Gasteiger partial charge is 0.306 e. The molecule has 0 aromatic carbocycles. The highest BCUT2D eigenvalue weighted by Crippen LogP contribution is 2.15. The Hall–Kier alpha value is -5.23. The van der Waals surface area contributed by atoms with Crippen LogP contribution in [0.3, 0.4) is 0 Å². The summed E-state index contributed by atoms with van der Waals surface area (Å²) in [4.78, 5) is 38.4. The number of esters is 3. The average molecular weight is 1140 g/mol. The van der Waals surface area contributed by atoms with Crippen molar-refractivity contribution in [3.63, 3.8) is 0 Å². The molecule has 0 saturated carbocycles. The van der Waals surface area contributed by atoms with E-state index in [-0.39, 0.29) is 44.0 Å². The lowest BCUT2D eigenvalue weighted by atomic mass is 10.0. The number of ether oxygens (including phenoxy) is 3. The molecule has 0 aromatic rings. The molecule has 1 unspecified atom stereocenters. The summed E-state index contributed by atoms with van der Waals surface area (Å²) in [6, 6.07) is 0. The van der Waals surface area contributed by atoms with E-state index >= 15 is 0 Å². The third-order valence-corrected chi connectivity index (χ3v) is 13.7. The van der Waals surface area contributed by atoms with Gasteiger partial charge in [-0.3, -0.25) is 14.4 Å². The van der Waals surface area contributed by atoms with Gasteiger partial charge in [0, 0.05) is 19.3 Å². The van der Waals surface area contributed by atoms with Crippen molar-refractivity contribution in [2.75, 3.05) is 13.2 Å². The molecule has 0 aliphatic carbocycles. The van der Waals surface area contributed by atoms with Gasteiger partial charge in [-0.05, 0) is 148 Å². The molecule has 1 atom stereocenters. The molecular formula is C77H122O6. The van der Waals surface area contributed by atoms with E-state index in [1.807, 2.05) is 0 Å². The normalized spacial score (nSPS) is 13.2. The Kier molecular flexibility index (Phi) is 64.9. The SMILES string of the molecule is CC/C=C\C/C=C\C/C=C\C/C=C\C/C=C\C/C=C\C/C=C\CCCC(=O)OC(COC(=O)CCCC/C=C\C/C=C\C/C=C\C/C=C\CC)COC(=O)CCCCCCCCCCCCCC/C=C\C/C=C\C/C=C\CCCCCCC. The van der Waals surface area contributed by atoms with Gasteiger partial charge in [-0.25, -0.2) is 0 Å². The highest BCUT2D eigenvalue weighted by molar-refractivity contribution is 5.71. The third-order valence-electron chi connectivity index (χ3n) is 13.7. The standard InChI is InChI=1S/C77H122O6/c1-4-7-10-13-16-19-22-25-28-30-32-34-36-37-38-39-41-42-44-46-49-52-55-58-61-64-67-70-76(79)82-73-74(72-81-75(78)69-66-63-60-57-54-51-48-27-24-21-18-15-12-9-6-3)83-77(80)71-68-65-62-59-56-53-50-47-45-43-40-35-33-31-29-26-23-20-17-14-11-8-5-2/h8-9,11-12,17-18,20-22,25-27,29-30,32-33,35-37,43,45,48,50,53-54,57,59,62,74H,4-7,10,13-16,19,23-24,28,31,34,38-42,44,46-47,49,51-52,55-56,58,60-61,63-73H2,1-3H3/b11-8-,12-9-,20-17-,21-18-,25-22-,29-26-,32-30-,35-33-,37-36-,45-43-,48-27-,53-50-,57-54-,62-59-. The van der Waals surface area contributed by atoms with Crippen molar-refractivity contribution in [1.29, 1.82) is 0 Å². The average Bonchev–Trinajstić information content (AvgIpc) is 3.49. The lowest BCUT2D eigenvalue weighted by molar-refractivity contribution is -0.167. The number of carbonyl (C=O) groups is 3. The fourth-order valence-corrected chi connectivity index (χ4v) is 8.72. The zero-order chi connectivity index (χ0) is 59.9. The lowest BCUT2D eigenvalue weighted by Gasteiger charge is -2.18. The minimum atomic E-state index is -0.837. The van der Waals surface area contributed by atoms with Gasteiger partial charge in [0.05, 0.1) is 0 Å². The summed E-state index contributed by atoms with van der Waals surface area (Å²) >= 11 is 0. The summed E-state index contributed by atoms with van der Waals surface area (Å²) in [6.07, 6.45) is 102. The molecule has 0 aromatic heterocycles. The van der Waals surface area contributed by atoms with Gasteiger partial charge in [-0.2, -0.15) is 0 Å². The third kappa shape index (κ3) is 67.4. The fraction of sp³-hybridized carbons (Fsp3) is 0.597. The van der Waals surface area contributed by atoms with Gasteiger partial charge in [0.2, 0.25) is 0 Å². The van der Waals surface area contributed by atoms with Gasteiger partial charge >= 0.3 is 17.9 Å². The van der Waals surface area contributed by atoms with Crippen LogP contribution in [-0.2, 0) is 28.6 Å². The monoisotopic (exact) mass is 1140 g/mol. The van der Waals surface area contributed by atoms with Gasteiger partial charge in [0.25, 0.3) is 0 Å². The van der Waals surface area contributed by atoms with Crippen LogP contribution < -0.4 is 0 Å². The zero-order valence-corrected chi connectivity index (χ0v) is 53.4. The molecule has 0 bridgehead atoms. The molecule has 0 radical (unpaired) electrons. The fourth-order valence-electron chi connectivity index (χ4n) is 8.72. The van der Waals surface area contributed by atoms with Gasteiger partial charge in [0.15, 0.2) is 6.10 Å². The van der Waals surface area contributed by atoms with Crippen LogP contribution in [-0.4, -0.2) is 37.2 Å². The Morgan fingerprint density at radius 3 is 0.795 bits per heavy atom. The summed E-state index contributed by atoms with van der Waals surface area (Å²) in [5, 5.41) is 0. The topological polar surface area (TPSA) is 78.9 Å². The van der Waals surface area contributed by atoms with Crippen molar-refractivity contribution in [1.82, 2.24) is 0 Å². The first-order valence-corrected chi connectivity index (χ1v) is 33.6. The summed E-state index contributed by atoms with van der Waals surface area (Å²) in [5.41, 5.74) is 0. The predicted molar refractivity (Wildman–Crippen MR) is 361 cm³/mol. The maximum Gasteiger partial charge on any atom is 0.306 e. The van der Waals surface area contributed by atoms with E-state index in [2.05, 4.69) is 191 Å². The number of carbonyl (C=O) groups excluding carboxylic acids is 3. The minimum absolute atomic E-state index is 0.123. The quantitative estimate of drug-likeness (QED) is 0.0261. The molecule has 0 heterocycles. The van der Waals surface area contributed by atoms with Gasteiger partial charge in [-0.15, -0.1) is 0 Å². The van der Waals surface area contributed by atoms with Gasteiger partial charge < -0.3 is 14.2 Å². The van der Waals surface area contributed by atoms with Gasteiger partial charge in [0.1, 0.15) is 13.2 Å².